The van der Waals surface area contributed by atoms with Crippen molar-refractivity contribution in [1.29, 1.82) is 0 Å². The zero-order valence-electron chi connectivity index (χ0n) is 10.7. The van der Waals surface area contributed by atoms with E-state index in [0.717, 1.165) is 0 Å². The van der Waals surface area contributed by atoms with Gasteiger partial charge in [0.1, 0.15) is 5.75 Å². The van der Waals surface area contributed by atoms with Crippen LogP contribution in [-0.2, 0) is 19.9 Å². The fraction of sp³-hybridized carbons (Fsp3) is 0.455. The Balaban J connectivity index is 2.27. The number of ether oxygens (including phenoxy) is 1. The Hall–Kier alpha value is -0.990. The van der Waals surface area contributed by atoms with Crippen LogP contribution < -0.4 is 9.46 Å². The average molecular weight is 340 g/mol. The molecule has 6 nitrogen and oxygen atoms in total. The zero-order valence-corrected chi connectivity index (χ0v) is 13.1. The van der Waals surface area contributed by atoms with Gasteiger partial charge in [-0.15, -0.1) is 0 Å². The van der Waals surface area contributed by atoms with E-state index in [2.05, 4.69) is 4.72 Å². The van der Waals surface area contributed by atoms with E-state index < -0.39 is 25.1 Å². The number of sulfonamides is 1. The van der Waals surface area contributed by atoms with E-state index in [9.17, 15) is 16.8 Å². The van der Waals surface area contributed by atoms with Crippen molar-refractivity contribution >= 4 is 37.1 Å². The molecular formula is C11H14ClNO5S2. The van der Waals surface area contributed by atoms with Gasteiger partial charge in [-0.25, -0.2) is 16.8 Å². The van der Waals surface area contributed by atoms with Gasteiger partial charge in [-0.05, 0) is 24.6 Å². The summed E-state index contributed by atoms with van der Waals surface area (Å²) < 4.78 is 54.6. The van der Waals surface area contributed by atoms with Gasteiger partial charge in [0, 0.05) is 5.02 Å². The van der Waals surface area contributed by atoms with Crippen molar-refractivity contribution in [2.24, 2.45) is 0 Å². The van der Waals surface area contributed by atoms with E-state index in [1.54, 1.807) is 6.07 Å². The number of benzene rings is 1. The molecule has 1 aliphatic rings. The molecule has 112 valence electrons. The Morgan fingerprint density at radius 1 is 1.40 bits per heavy atom. The summed E-state index contributed by atoms with van der Waals surface area (Å²) in [6.07, 6.45) is 0.0978. The van der Waals surface area contributed by atoms with Crippen LogP contribution in [-0.4, -0.2) is 40.7 Å². The highest BCUT2D eigenvalue weighted by atomic mass is 35.5. The first-order chi connectivity index (χ1) is 9.23. The molecular weight excluding hydrogens is 326 g/mol. The second-order valence-corrected chi connectivity index (χ2v) is 9.14. The quantitative estimate of drug-likeness (QED) is 0.892. The van der Waals surface area contributed by atoms with Gasteiger partial charge >= 0.3 is 0 Å². The van der Waals surface area contributed by atoms with Gasteiger partial charge in [0.15, 0.2) is 9.84 Å². The number of sulfone groups is 1. The molecule has 0 spiro atoms. The van der Waals surface area contributed by atoms with Crippen molar-refractivity contribution in [3.05, 3.63) is 23.2 Å². The molecule has 20 heavy (non-hydrogen) atoms. The first-order valence-corrected chi connectivity index (χ1v) is 9.54. The molecule has 1 heterocycles. The molecule has 0 aliphatic carbocycles. The Bertz CT molecular complexity index is 714. The Morgan fingerprint density at radius 2 is 2.10 bits per heavy atom. The summed E-state index contributed by atoms with van der Waals surface area (Å²) in [6, 6.07) is 4.52. The van der Waals surface area contributed by atoms with E-state index in [1.165, 1.54) is 19.2 Å². The van der Waals surface area contributed by atoms with Crippen LogP contribution in [0.15, 0.2) is 18.2 Å². The molecule has 1 atom stereocenters. The number of anilines is 1. The number of hydrogen-bond donors (Lipinski definition) is 1. The van der Waals surface area contributed by atoms with Gasteiger partial charge in [0.05, 0.1) is 29.6 Å². The van der Waals surface area contributed by atoms with Crippen LogP contribution >= 0.6 is 11.6 Å². The molecule has 0 bridgehead atoms. The van der Waals surface area contributed by atoms with Crippen molar-refractivity contribution < 1.29 is 21.6 Å². The maximum absolute atomic E-state index is 12.2. The lowest BCUT2D eigenvalue weighted by atomic mass is 10.3. The maximum atomic E-state index is 12.2. The molecule has 0 amide bonds. The molecule has 0 radical (unpaired) electrons. The fourth-order valence-electron chi connectivity index (χ4n) is 2.00. The summed E-state index contributed by atoms with van der Waals surface area (Å²) in [5.41, 5.74) is 0.198. The lowest BCUT2D eigenvalue weighted by Gasteiger charge is -2.15. The third kappa shape index (κ3) is 3.36. The average Bonchev–Trinajstić information content (AvgIpc) is 2.70. The van der Waals surface area contributed by atoms with Crippen molar-refractivity contribution in [3.63, 3.8) is 0 Å². The van der Waals surface area contributed by atoms with Crippen LogP contribution in [0, 0.1) is 0 Å². The largest absolute Gasteiger partial charge is 0.495 e. The molecule has 0 unspecified atom stereocenters. The number of nitrogens with one attached hydrogen (secondary N) is 1. The summed E-state index contributed by atoms with van der Waals surface area (Å²) in [5.74, 6) is -0.143. The van der Waals surface area contributed by atoms with Crippen LogP contribution in [0.1, 0.15) is 6.42 Å². The monoisotopic (exact) mass is 339 g/mol. The molecule has 9 heteroatoms. The fourth-order valence-corrected chi connectivity index (χ4v) is 6.27. The smallest absolute Gasteiger partial charge is 0.236 e. The minimum atomic E-state index is -3.80. The van der Waals surface area contributed by atoms with Gasteiger partial charge in [0.2, 0.25) is 10.0 Å². The SMILES string of the molecule is COc1ccc(Cl)cc1NS(=O)(=O)[C@H]1CCS(=O)(=O)C1. The van der Waals surface area contributed by atoms with Gasteiger partial charge in [-0.1, -0.05) is 11.6 Å². The second-order valence-electron chi connectivity index (χ2n) is 4.52. The van der Waals surface area contributed by atoms with Gasteiger partial charge in [-0.2, -0.15) is 0 Å². The summed E-state index contributed by atoms with van der Waals surface area (Å²) in [4.78, 5) is 0. The summed E-state index contributed by atoms with van der Waals surface area (Å²) in [7, 11) is -5.67. The maximum Gasteiger partial charge on any atom is 0.236 e. The van der Waals surface area contributed by atoms with Gasteiger partial charge < -0.3 is 4.74 Å². The third-order valence-corrected chi connectivity index (χ3v) is 7.04. The summed E-state index contributed by atoms with van der Waals surface area (Å²) in [6.45, 7) is 0. The highest BCUT2D eigenvalue weighted by Gasteiger charge is 2.37. The highest BCUT2D eigenvalue weighted by molar-refractivity contribution is 7.97. The molecule has 0 saturated carbocycles. The normalized spacial score (nSPS) is 21.6. The van der Waals surface area contributed by atoms with Crippen LogP contribution in [0.4, 0.5) is 5.69 Å². The van der Waals surface area contributed by atoms with E-state index >= 15 is 0 Å². The first-order valence-electron chi connectivity index (χ1n) is 5.79. The van der Waals surface area contributed by atoms with Crippen LogP contribution in [0.2, 0.25) is 5.02 Å². The van der Waals surface area contributed by atoms with Crippen molar-refractivity contribution in [2.75, 3.05) is 23.3 Å². The van der Waals surface area contributed by atoms with Crippen LogP contribution in [0.3, 0.4) is 0 Å². The highest BCUT2D eigenvalue weighted by Crippen LogP contribution is 2.30. The lowest BCUT2D eigenvalue weighted by molar-refractivity contribution is 0.417. The predicted molar refractivity (Wildman–Crippen MR) is 77.6 cm³/mol. The van der Waals surface area contributed by atoms with E-state index in [4.69, 9.17) is 16.3 Å². The number of hydrogen-bond acceptors (Lipinski definition) is 5. The molecule has 1 aliphatic heterocycles. The molecule has 1 aromatic rings. The predicted octanol–water partition coefficient (Wildman–Crippen LogP) is 1.28. The van der Waals surface area contributed by atoms with Crippen LogP contribution in [0.25, 0.3) is 0 Å². The number of methoxy groups -OCH3 is 1. The molecule has 1 N–H and O–H groups in total. The molecule has 2 rings (SSSR count). The summed E-state index contributed by atoms with van der Waals surface area (Å²) in [5, 5.41) is -0.598. The summed E-state index contributed by atoms with van der Waals surface area (Å²) >= 11 is 5.82. The third-order valence-electron chi connectivity index (χ3n) is 3.04. The van der Waals surface area contributed by atoms with E-state index in [0.29, 0.717) is 10.8 Å². The Labute approximate surface area is 123 Å². The first kappa shape index (κ1) is 15.4. The molecule has 0 aromatic heterocycles. The topological polar surface area (TPSA) is 89.5 Å². The minimum Gasteiger partial charge on any atom is -0.495 e. The lowest BCUT2D eigenvalue weighted by Crippen LogP contribution is -2.29. The van der Waals surface area contributed by atoms with Gasteiger partial charge in [-0.3, -0.25) is 4.72 Å². The number of halogens is 1. The minimum absolute atomic E-state index is 0.0978. The Morgan fingerprint density at radius 3 is 2.65 bits per heavy atom. The van der Waals surface area contributed by atoms with E-state index in [-0.39, 0.29) is 23.6 Å². The van der Waals surface area contributed by atoms with E-state index in [1.807, 2.05) is 0 Å². The molecule has 1 saturated heterocycles. The number of rotatable bonds is 4. The zero-order chi connectivity index (χ0) is 15.0. The van der Waals surface area contributed by atoms with Crippen molar-refractivity contribution in [3.8, 4) is 5.75 Å². The molecule has 1 aromatic carbocycles. The standard InChI is InChI=1S/C11H14ClNO5S2/c1-18-11-3-2-8(12)6-10(11)13-20(16,17)9-4-5-19(14,15)7-9/h2-3,6,9,13H,4-5,7H2,1H3/t9-/m0/s1. The van der Waals surface area contributed by atoms with Crippen molar-refractivity contribution in [2.45, 2.75) is 11.7 Å². The van der Waals surface area contributed by atoms with Gasteiger partial charge in [0.25, 0.3) is 0 Å². The van der Waals surface area contributed by atoms with Crippen LogP contribution in [0.5, 0.6) is 5.75 Å². The van der Waals surface area contributed by atoms with Crippen molar-refractivity contribution in [1.82, 2.24) is 0 Å². The second kappa shape index (κ2) is 5.42. The molecule has 1 fully saturated rings. The Kier molecular flexibility index (Phi) is 4.17.